The highest BCUT2D eigenvalue weighted by Crippen LogP contribution is 2.13. The molecule has 0 aliphatic heterocycles. The van der Waals surface area contributed by atoms with E-state index in [2.05, 4.69) is 22.1 Å². The molecule has 0 unspecified atom stereocenters. The third-order valence-corrected chi connectivity index (χ3v) is 3.13. The minimum Gasteiger partial charge on any atom is -0.493 e. The van der Waals surface area contributed by atoms with Crippen molar-refractivity contribution in [2.45, 2.75) is 13.3 Å². The minimum atomic E-state index is 0. The highest BCUT2D eigenvalue weighted by atomic mass is 35.5. The first-order valence-corrected chi connectivity index (χ1v) is 6.61. The Morgan fingerprint density at radius 1 is 1.09 bits per heavy atom. The number of benzene rings is 1. The van der Waals surface area contributed by atoms with Crippen LogP contribution in [0, 0.1) is 0 Å². The van der Waals surface area contributed by atoms with E-state index >= 15 is 0 Å². The number of pyridine rings is 1. The Balaban J connectivity index is 0.00000220. The van der Waals surface area contributed by atoms with Gasteiger partial charge in [0, 0.05) is 19.7 Å². The molecule has 22 heavy (non-hydrogen) atoms. The van der Waals surface area contributed by atoms with E-state index in [1.165, 1.54) is 5.56 Å². The molecule has 120 valence electrons. The van der Waals surface area contributed by atoms with Crippen LogP contribution in [0.25, 0.3) is 0 Å². The molecule has 6 heteroatoms. The third kappa shape index (κ3) is 5.92. The van der Waals surface area contributed by atoms with Crippen LogP contribution < -0.4 is 4.90 Å². The lowest BCUT2D eigenvalue weighted by atomic mass is 10.2. The summed E-state index contributed by atoms with van der Waals surface area (Å²) < 4.78 is 0. The third-order valence-electron chi connectivity index (χ3n) is 3.13. The second-order valence-electron chi connectivity index (χ2n) is 4.58. The normalized spacial score (nSPS) is 10.4. The zero-order valence-corrected chi connectivity index (χ0v) is 14.3. The summed E-state index contributed by atoms with van der Waals surface area (Å²) in [4.78, 5) is 10.5. The largest absolute Gasteiger partial charge is 0.493 e. The van der Waals surface area contributed by atoms with Gasteiger partial charge in [-0.25, -0.2) is 0 Å². The predicted octanol–water partition coefficient (Wildman–Crippen LogP) is 3.73. The molecule has 1 aromatic carbocycles. The molecule has 0 spiro atoms. The predicted molar refractivity (Wildman–Crippen MR) is 96.9 cm³/mol. The Kier molecular flexibility index (Phi) is 9.22. The van der Waals surface area contributed by atoms with Crippen molar-refractivity contribution in [2.24, 2.45) is 4.99 Å². The van der Waals surface area contributed by atoms with E-state index in [1.54, 1.807) is 12.1 Å². The molecule has 0 atom stereocenters. The number of hydrogen-bond acceptors (Lipinski definition) is 3. The SMILES string of the molecule is CC(=NCCc1ccccc1)N(C)c1cccc(O)n1.Cl.Cl. The molecule has 1 N–H and O–H groups in total. The van der Waals surface area contributed by atoms with Crippen LogP contribution in [0.4, 0.5) is 5.82 Å². The summed E-state index contributed by atoms with van der Waals surface area (Å²) in [6, 6.07) is 15.5. The molecule has 0 aliphatic rings. The summed E-state index contributed by atoms with van der Waals surface area (Å²) in [7, 11) is 1.89. The first-order valence-electron chi connectivity index (χ1n) is 6.61. The van der Waals surface area contributed by atoms with Gasteiger partial charge in [-0.3, -0.25) is 4.99 Å². The van der Waals surface area contributed by atoms with Crippen LogP contribution in [0.3, 0.4) is 0 Å². The van der Waals surface area contributed by atoms with Crippen molar-refractivity contribution in [1.82, 2.24) is 4.98 Å². The van der Waals surface area contributed by atoms with E-state index in [1.807, 2.05) is 43.1 Å². The van der Waals surface area contributed by atoms with Gasteiger partial charge >= 0.3 is 0 Å². The molecule has 0 radical (unpaired) electrons. The molecule has 2 rings (SSSR count). The van der Waals surface area contributed by atoms with Gasteiger partial charge in [-0.1, -0.05) is 36.4 Å². The zero-order chi connectivity index (χ0) is 14.4. The first kappa shape index (κ1) is 20.2. The van der Waals surface area contributed by atoms with Crippen molar-refractivity contribution in [2.75, 3.05) is 18.5 Å². The number of nitrogens with zero attached hydrogens (tertiary/aromatic N) is 3. The summed E-state index contributed by atoms with van der Waals surface area (Å²) in [5.74, 6) is 1.58. The average Bonchev–Trinajstić information content (AvgIpc) is 2.47. The highest BCUT2D eigenvalue weighted by Gasteiger charge is 2.05. The van der Waals surface area contributed by atoms with Gasteiger partial charge in [-0.05, 0) is 25.0 Å². The van der Waals surface area contributed by atoms with Crippen LogP contribution in [-0.4, -0.2) is 29.5 Å². The maximum absolute atomic E-state index is 9.39. The number of amidine groups is 1. The van der Waals surface area contributed by atoms with E-state index < -0.39 is 0 Å². The second kappa shape index (κ2) is 10.0. The molecule has 2 aromatic rings. The monoisotopic (exact) mass is 341 g/mol. The van der Waals surface area contributed by atoms with Crippen LogP contribution in [0.5, 0.6) is 5.88 Å². The number of halogens is 2. The summed E-state index contributed by atoms with van der Waals surface area (Å²) >= 11 is 0. The summed E-state index contributed by atoms with van der Waals surface area (Å²) in [6.45, 7) is 2.68. The molecular weight excluding hydrogens is 321 g/mol. The van der Waals surface area contributed by atoms with E-state index in [9.17, 15) is 5.11 Å². The van der Waals surface area contributed by atoms with Crippen molar-refractivity contribution in [1.29, 1.82) is 0 Å². The van der Waals surface area contributed by atoms with Crippen LogP contribution >= 0.6 is 24.8 Å². The Morgan fingerprint density at radius 3 is 2.41 bits per heavy atom. The fourth-order valence-electron chi connectivity index (χ4n) is 1.86. The van der Waals surface area contributed by atoms with E-state index in [0.29, 0.717) is 5.82 Å². The number of hydrogen-bond donors (Lipinski definition) is 1. The molecule has 0 saturated heterocycles. The summed E-state index contributed by atoms with van der Waals surface area (Å²) in [5.41, 5.74) is 1.28. The summed E-state index contributed by atoms with van der Waals surface area (Å²) in [5, 5.41) is 9.39. The van der Waals surface area contributed by atoms with Gasteiger partial charge in [0.1, 0.15) is 11.7 Å². The van der Waals surface area contributed by atoms with Crippen molar-refractivity contribution < 1.29 is 5.11 Å². The van der Waals surface area contributed by atoms with Crippen molar-refractivity contribution in [3.63, 3.8) is 0 Å². The smallest absolute Gasteiger partial charge is 0.212 e. The number of aliphatic imine (C=N–C) groups is 1. The molecule has 0 amide bonds. The maximum atomic E-state index is 9.39. The Hall–Kier alpha value is -1.78. The van der Waals surface area contributed by atoms with Crippen molar-refractivity contribution in [3.8, 4) is 5.88 Å². The topological polar surface area (TPSA) is 48.7 Å². The van der Waals surface area contributed by atoms with Crippen LogP contribution in [0.2, 0.25) is 0 Å². The van der Waals surface area contributed by atoms with Gasteiger partial charge in [0.25, 0.3) is 0 Å². The number of rotatable bonds is 4. The highest BCUT2D eigenvalue weighted by molar-refractivity contribution is 5.94. The van der Waals surface area contributed by atoms with Gasteiger partial charge in [-0.15, -0.1) is 24.8 Å². The quantitative estimate of drug-likeness (QED) is 0.680. The van der Waals surface area contributed by atoms with Gasteiger partial charge < -0.3 is 10.0 Å². The molecule has 0 bridgehead atoms. The van der Waals surface area contributed by atoms with Crippen LogP contribution in [0.1, 0.15) is 12.5 Å². The van der Waals surface area contributed by atoms with Crippen molar-refractivity contribution >= 4 is 36.5 Å². The van der Waals surface area contributed by atoms with Crippen LogP contribution in [-0.2, 0) is 6.42 Å². The molecule has 1 heterocycles. The number of anilines is 1. The van der Waals surface area contributed by atoms with Gasteiger partial charge in [0.05, 0.1) is 0 Å². The fourth-order valence-corrected chi connectivity index (χ4v) is 1.86. The van der Waals surface area contributed by atoms with E-state index in [4.69, 9.17) is 0 Å². The van der Waals surface area contributed by atoms with Gasteiger partial charge in [0.15, 0.2) is 0 Å². The fraction of sp³-hybridized carbons (Fsp3) is 0.250. The van der Waals surface area contributed by atoms with Crippen LogP contribution in [0.15, 0.2) is 53.5 Å². The molecule has 1 aromatic heterocycles. The lowest BCUT2D eigenvalue weighted by molar-refractivity contribution is 0.454. The number of aromatic nitrogens is 1. The summed E-state index contributed by atoms with van der Waals surface area (Å²) in [6.07, 6.45) is 0.916. The molecule has 4 nitrogen and oxygen atoms in total. The standard InChI is InChI=1S/C16H19N3O.2ClH/c1-13(17-12-11-14-7-4-3-5-8-14)19(2)15-9-6-10-16(20)18-15;;/h3-10H,11-12H2,1-2H3,(H,18,20);2*1H. The first-order chi connectivity index (χ1) is 9.66. The molecular formula is C16H21Cl2N3O. The lowest BCUT2D eigenvalue weighted by Gasteiger charge is -2.17. The van der Waals surface area contributed by atoms with Crippen molar-refractivity contribution in [3.05, 3.63) is 54.1 Å². The number of aromatic hydroxyl groups is 1. The average molecular weight is 342 g/mol. The Morgan fingerprint density at radius 2 is 1.77 bits per heavy atom. The zero-order valence-electron chi connectivity index (χ0n) is 12.6. The maximum Gasteiger partial charge on any atom is 0.212 e. The molecule has 0 saturated carbocycles. The van der Waals surface area contributed by atoms with Gasteiger partial charge in [-0.2, -0.15) is 4.98 Å². The Labute approximate surface area is 143 Å². The Bertz CT molecular complexity index is 591. The van der Waals surface area contributed by atoms with E-state index in [0.717, 1.165) is 18.8 Å². The molecule has 0 fully saturated rings. The van der Waals surface area contributed by atoms with E-state index in [-0.39, 0.29) is 30.7 Å². The lowest BCUT2D eigenvalue weighted by Crippen LogP contribution is -2.24. The van der Waals surface area contributed by atoms with Gasteiger partial charge in [0.2, 0.25) is 5.88 Å². The second-order valence-corrected chi connectivity index (χ2v) is 4.58. The minimum absolute atomic E-state index is 0. The molecule has 0 aliphatic carbocycles.